The zero-order valence-electron chi connectivity index (χ0n) is 7.80. The molecule has 0 aromatic rings. The molecule has 1 unspecified atom stereocenters. The molecular formula is C10H13NO2. The third kappa shape index (κ3) is 1.62. The van der Waals surface area contributed by atoms with Crippen LogP contribution in [0.5, 0.6) is 0 Å². The lowest BCUT2D eigenvalue weighted by Gasteiger charge is -2.22. The van der Waals surface area contributed by atoms with Gasteiger partial charge in [0.2, 0.25) is 0 Å². The Morgan fingerprint density at radius 1 is 1.69 bits per heavy atom. The molecule has 0 saturated heterocycles. The highest BCUT2D eigenvalue weighted by atomic mass is 16.2. The molecule has 0 aromatic heterocycles. The molecule has 1 atom stereocenters. The molecule has 0 N–H and O–H groups in total. The molecule has 1 rings (SSSR count). The van der Waals surface area contributed by atoms with Crippen LogP contribution in [0.15, 0.2) is 0 Å². The first-order valence-corrected chi connectivity index (χ1v) is 4.55. The van der Waals surface area contributed by atoms with E-state index in [1.165, 1.54) is 6.92 Å². The molecule has 0 amide bonds. The van der Waals surface area contributed by atoms with E-state index >= 15 is 0 Å². The van der Waals surface area contributed by atoms with E-state index in [0.717, 1.165) is 6.42 Å². The first kappa shape index (κ1) is 9.91. The predicted molar refractivity (Wildman–Crippen MR) is 46.8 cm³/mol. The number of rotatable bonds is 3. The van der Waals surface area contributed by atoms with Crippen molar-refractivity contribution in [2.24, 2.45) is 5.41 Å². The van der Waals surface area contributed by atoms with Crippen LogP contribution in [0.4, 0.5) is 0 Å². The molecule has 1 fully saturated rings. The molecular weight excluding hydrogens is 166 g/mol. The van der Waals surface area contributed by atoms with Crippen LogP contribution in [-0.4, -0.2) is 11.6 Å². The number of hydrogen-bond donors (Lipinski definition) is 0. The summed E-state index contributed by atoms with van der Waals surface area (Å²) < 4.78 is 0. The first-order valence-electron chi connectivity index (χ1n) is 4.55. The van der Waals surface area contributed by atoms with Crippen LogP contribution in [0.25, 0.3) is 0 Å². The van der Waals surface area contributed by atoms with Crippen molar-refractivity contribution in [2.75, 3.05) is 0 Å². The summed E-state index contributed by atoms with van der Waals surface area (Å²) in [5.41, 5.74) is -0.796. The molecule has 0 radical (unpaired) electrons. The van der Waals surface area contributed by atoms with Gasteiger partial charge in [-0.25, -0.2) is 0 Å². The summed E-state index contributed by atoms with van der Waals surface area (Å²) in [4.78, 5) is 22.9. The summed E-state index contributed by atoms with van der Waals surface area (Å²) in [6.45, 7) is 1.46. The van der Waals surface area contributed by atoms with Crippen molar-refractivity contribution in [2.45, 2.75) is 39.0 Å². The highest BCUT2D eigenvalue weighted by Crippen LogP contribution is 2.39. The monoisotopic (exact) mass is 179 g/mol. The standard InChI is InChI=1S/C10H13NO2/c1-8(12)10(6-3-7-11)5-2-4-9(10)13/h2-6H2,1H3. The molecule has 3 heteroatoms. The zero-order valence-corrected chi connectivity index (χ0v) is 7.80. The topological polar surface area (TPSA) is 57.9 Å². The maximum atomic E-state index is 11.5. The minimum atomic E-state index is -0.796. The van der Waals surface area contributed by atoms with Crippen LogP contribution in [0.1, 0.15) is 39.0 Å². The molecule has 1 aliphatic rings. The Bertz CT molecular complexity index is 277. The molecule has 0 aliphatic heterocycles. The van der Waals surface area contributed by atoms with Crippen LogP contribution in [0.3, 0.4) is 0 Å². The number of carbonyl (C=O) groups excluding carboxylic acids is 2. The number of ketones is 2. The summed E-state index contributed by atoms with van der Waals surface area (Å²) in [5, 5.41) is 8.44. The predicted octanol–water partition coefficient (Wildman–Crippen LogP) is 1.62. The van der Waals surface area contributed by atoms with Crippen molar-refractivity contribution in [1.82, 2.24) is 0 Å². The Morgan fingerprint density at radius 3 is 2.77 bits per heavy atom. The van der Waals surface area contributed by atoms with Gasteiger partial charge in [-0.3, -0.25) is 9.59 Å². The minimum absolute atomic E-state index is 0.0373. The summed E-state index contributed by atoms with van der Waals surface area (Å²) in [6, 6.07) is 1.99. The third-order valence-corrected chi connectivity index (χ3v) is 2.88. The Kier molecular flexibility index (Phi) is 2.82. The molecule has 0 bridgehead atoms. The smallest absolute Gasteiger partial charge is 0.146 e. The Labute approximate surface area is 77.7 Å². The fourth-order valence-corrected chi connectivity index (χ4v) is 2.01. The van der Waals surface area contributed by atoms with Gasteiger partial charge in [-0.15, -0.1) is 0 Å². The van der Waals surface area contributed by atoms with Crippen molar-refractivity contribution in [3.05, 3.63) is 0 Å². The van der Waals surface area contributed by atoms with Crippen molar-refractivity contribution >= 4 is 11.6 Å². The Morgan fingerprint density at radius 2 is 2.38 bits per heavy atom. The summed E-state index contributed by atoms with van der Waals surface area (Å²) in [7, 11) is 0. The van der Waals surface area contributed by atoms with Crippen LogP contribution in [-0.2, 0) is 9.59 Å². The molecule has 0 spiro atoms. The van der Waals surface area contributed by atoms with Crippen LogP contribution < -0.4 is 0 Å². The van der Waals surface area contributed by atoms with Crippen molar-refractivity contribution in [3.8, 4) is 6.07 Å². The maximum absolute atomic E-state index is 11.5. The van der Waals surface area contributed by atoms with E-state index in [1.807, 2.05) is 6.07 Å². The molecule has 70 valence electrons. The molecule has 1 aliphatic carbocycles. The van der Waals surface area contributed by atoms with E-state index in [-0.39, 0.29) is 11.6 Å². The van der Waals surface area contributed by atoms with Crippen LogP contribution in [0, 0.1) is 16.7 Å². The second kappa shape index (κ2) is 3.69. The van der Waals surface area contributed by atoms with Gasteiger partial charge in [-0.1, -0.05) is 0 Å². The number of nitriles is 1. The van der Waals surface area contributed by atoms with Crippen molar-refractivity contribution < 1.29 is 9.59 Å². The fourth-order valence-electron chi connectivity index (χ4n) is 2.01. The minimum Gasteiger partial charge on any atom is -0.299 e. The van der Waals surface area contributed by atoms with Gasteiger partial charge in [0.1, 0.15) is 11.6 Å². The van der Waals surface area contributed by atoms with Gasteiger partial charge in [0, 0.05) is 12.8 Å². The van der Waals surface area contributed by atoms with E-state index in [9.17, 15) is 9.59 Å². The second-order valence-corrected chi connectivity index (χ2v) is 3.57. The van der Waals surface area contributed by atoms with E-state index < -0.39 is 5.41 Å². The lowest BCUT2D eigenvalue weighted by molar-refractivity contribution is -0.137. The van der Waals surface area contributed by atoms with E-state index in [1.54, 1.807) is 0 Å². The van der Waals surface area contributed by atoms with E-state index in [0.29, 0.717) is 25.7 Å². The summed E-state index contributed by atoms with van der Waals surface area (Å²) >= 11 is 0. The molecule has 0 aromatic carbocycles. The van der Waals surface area contributed by atoms with Crippen LogP contribution in [0.2, 0.25) is 0 Å². The van der Waals surface area contributed by atoms with Gasteiger partial charge >= 0.3 is 0 Å². The third-order valence-electron chi connectivity index (χ3n) is 2.88. The van der Waals surface area contributed by atoms with Gasteiger partial charge in [0.15, 0.2) is 0 Å². The lowest BCUT2D eigenvalue weighted by Crippen LogP contribution is -2.33. The SMILES string of the molecule is CC(=O)C1(CCC#N)CCCC1=O. The Balaban J connectivity index is 2.82. The Hall–Kier alpha value is -1.17. The lowest BCUT2D eigenvalue weighted by atomic mass is 9.77. The first-order chi connectivity index (χ1) is 6.13. The fraction of sp³-hybridized carbons (Fsp3) is 0.700. The summed E-state index contributed by atoms with van der Waals surface area (Å²) in [6.07, 6.45) is 2.65. The molecule has 0 heterocycles. The van der Waals surface area contributed by atoms with E-state index in [2.05, 4.69) is 0 Å². The van der Waals surface area contributed by atoms with Gasteiger partial charge < -0.3 is 0 Å². The van der Waals surface area contributed by atoms with Gasteiger partial charge in [-0.2, -0.15) is 5.26 Å². The molecule has 1 saturated carbocycles. The number of Topliss-reactive ketones (excluding diaryl/α,β-unsaturated/α-hetero) is 2. The number of nitrogens with zero attached hydrogens (tertiary/aromatic N) is 1. The number of carbonyl (C=O) groups is 2. The van der Waals surface area contributed by atoms with Crippen molar-refractivity contribution in [3.63, 3.8) is 0 Å². The highest BCUT2D eigenvalue weighted by molar-refractivity contribution is 6.07. The summed E-state index contributed by atoms with van der Waals surface area (Å²) in [5.74, 6) is -0.0273. The molecule has 13 heavy (non-hydrogen) atoms. The van der Waals surface area contributed by atoms with Crippen molar-refractivity contribution in [1.29, 1.82) is 5.26 Å². The maximum Gasteiger partial charge on any atom is 0.146 e. The molecule has 3 nitrogen and oxygen atoms in total. The van der Waals surface area contributed by atoms with E-state index in [4.69, 9.17) is 5.26 Å². The number of hydrogen-bond acceptors (Lipinski definition) is 3. The zero-order chi connectivity index (χ0) is 9.90. The highest BCUT2D eigenvalue weighted by Gasteiger charge is 2.45. The average molecular weight is 179 g/mol. The normalized spacial score (nSPS) is 27.2. The van der Waals surface area contributed by atoms with Crippen LogP contribution >= 0.6 is 0 Å². The second-order valence-electron chi connectivity index (χ2n) is 3.57. The average Bonchev–Trinajstić information content (AvgIpc) is 2.45. The van der Waals surface area contributed by atoms with Gasteiger partial charge in [0.05, 0.1) is 11.5 Å². The van der Waals surface area contributed by atoms with Gasteiger partial charge in [-0.05, 0) is 26.2 Å². The largest absolute Gasteiger partial charge is 0.299 e. The van der Waals surface area contributed by atoms with Gasteiger partial charge in [0.25, 0.3) is 0 Å². The quantitative estimate of drug-likeness (QED) is 0.618.